The molecule has 2 aromatic rings. The highest BCUT2D eigenvalue weighted by Crippen LogP contribution is 2.21. The Labute approximate surface area is 111 Å². The Hall–Kier alpha value is -1.26. The second-order valence-corrected chi connectivity index (χ2v) is 5.24. The fourth-order valence-electron chi connectivity index (χ4n) is 2.60. The normalized spacial score (nSPS) is 16.7. The van der Waals surface area contributed by atoms with Crippen LogP contribution in [0.5, 0.6) is 0 Å². The van der Waals surface area contributed by atoms with Crippen LogP contribution < -0.4 is 5.73 Å². The number of nitrogen functional groups attached to an aromatic ring is 1. The van der Waals surface area contributed by atoms with Gasteiger partial charge in [-0.15, -0.1) is 0 Å². The molecular weight excluding hydrogens is 248 g/mol. The van der Waals surface area contributed by atoms with E-state index in [-0.39, 0.29) is 0 Å². The third kappa shape index (κ3) is 2.18. The molecule has 1 fully saturated rings. The van der Waals surface area contributed by atoms with Crippen molar-refractivity contribution in [2.45, 2.75) is 19.4 Å². The second kappa shape index (κ2) is 4.78. The summed E-state index contributed by atoms with van der Waals surface area (Å²) < 4.78 is 2.07. The molecule has 1 aromatic carbocycles. The summed E-state index contributed by atoms with van der Waals surface area (Å²) >= 11 is 5.96. The van der Waals surface area contributed by atoms with Crippen molar-refractivity contribution in [3.63, 3.8) is 0 Å². The lowest BCUT2D eigenvalue weighted by atomic mass is 10.3. The van der Waals surface area contributed by atoms with Crippen LogP contribution in [-0.2, 0) is 6.54 Å². The second-order valence-electron chi connectivity index (χ2n) is 4.80. The maximum atomic E-state index is 5.98. The number of likely N-dealkylation sites (tertiary alicyclic amines) is 1. The Kier molecular flexibility index (Phi) is 3.14. The van der Waals surface area contributed by atoms with Gasteiger partial charge in [-0.2, -0.15) is 0 Å². The zero-order valence-electron chi connectivity index (χ0n) is 10.3. The summed E-state index contributed by atoms with van der Waals surface area (Å²) in [6.07, 6.45) is 2.63. The maximum Gasteiger partial charge on any atom is 0.201 e. The summed E-state index contributed by atoms with van der Waals surface area (Å²) in [6.45, 7) is 4.35. The first-order valence-electron chi connectivity index (χ1n) is 6.38. The van der Waals surface area contributed by atoms with Crippen molar-refractivity contribution >= 4 is 28.6 Å². The van der Waals surface area contributed by atoms with Crippen molar-refractivity contribution in [1.29, 1.82) is 0 Å². The third-order valence-corrected chi connectivity index (χ3v) is 3.81. The number of hydrogen-bond acceptors (Lipinski definition) is 3. The number of halogens is 1. The first-order valence-corrected chi connectivity index (χ1v) is 6.75. The Morgan fingerprint density at radius 3 is 2.78 bits per heavy atom. The molecule has 0 bridgehead atoms. The Bertz CT molecular complexity index is 557. The van der Waals surface area contributed by atoms with E-state index in [0.29, 0.717) is 11.0 Å². The van der Waals surface area contributed by atoms with Gasteiger partial charge >= 0.3 is 0 Å². The molecule has 0 aliphatic carbocycles. The number of rotatable bonds is 3. The third-order valence-electron chi connectivity index (χ3n) is 3.58. The molecule has 0 unspecified atom stereocenters. The van der Waals surface area contributed by atoms with Crippen LogP contribution in [-0.4, -0.2) is 34.1 Å². The number of imidazole rings is 1. The van der Waals surface area contributed by atoms with Gasteiger partial charge in [-0.3, -0.25) is 0 Å². The van der Waals surface area contributed by atoms with Crippen LogP contribution in [0.3, 0.4) is 0 Å². The van der Waals surface area contributed by atoms with Gasteiger partial charge in [-0.25, -0.2) is 4.98 Å². The fraction of sp³-hybridized carbons (Fsp3) is 0.462. The standard InChI is InChI=1S/C13H17ClN4/c14-10-3-4-12-11(9-10)16-13(15)18(12)8-7-17-5-1-2-6-17/h3-4,9H,1-2,5-8H2,(H2,15,16). The summed E-state index contributed by atoms with van der Waals surface area (Å²) in [5, 5.41) is 0.701. The SMILES string of the molecule is Nc1nc2cc(Cl)ccc2n1CCN1CCCC1. The molecule has 1 aromatic heterocycles. The van der Waals surface area contributed by atoms with Gasteiger partial charge in [0.15, 0.2) is 0 Å². The molecule has 5 heteroatoms. The zero-order valence-corrected chi connectivity index (χ0v) is 11.0. The van der Waals surface area contributed by atoms with Crippen LogP contribution in [0.1, 0.15) is 12.8 Å². The van der Waals surface area contributed by atoms with Crippen LogP contribution in [0.4, 0.5) is 5.95 Å². The van der Waals surface area contributed by atoms with E-state index in [1.54, 1.807) is 0 Å². The van der Waals surface area contributed by atoms with E-state index in [2.05, 4.69) is 14.5 Å². The molecule has 18 heavy (non-hydrogen) atoms. The molecule has 3 rings (SSSR count). The van der Waals surface area contributed by atoms with Gasteiger partial charge in [0.1, 0.15) is 0 Å². The summed E-state index contributed by atoms with van der Waals surface area (Å²) in [7, 11) is 0. The van der Waals surface area contributed by atoms with Crippen LogP contribution in [0.25, 0.3) is 11.0 Å². The van der Waals surface area contributed by atoms with Crippen molar-refractivity contribution in [2.24, 2.45) is 0 Å². The highest BCUT2D eigenvalue weighted by molar-refractivity contribution is 6.31. The van der Waals surface area contributed by atoms with Gasteiger partial charge in [0.2, 0.25) is 5.95 Å². The largest absolute Gasteiger partial charge is 0.369 e. The first kappa shape index (κ1) is 11.8. The van der Waals surface area contributed by atoms with E-state index in [1.165, 1.54) is 25.9 Å². The Balaban J connectivity index is 1.84. The van der Waals surface area contributed by atoms with Crippen molar-refractivity contribution in [2.75, 3.05) is 25.4 Å². The molecular formula is C13H17ClN4. The van der Waals surface area contributed by atoms with Crippen LogP contribution in [0, 0.1) is 0 Å². The first-order chi connectivity index (χ1) is 8.74. The number of aromatic nitrogens is 2. The van der Waals surface area contributed by atoms with Gasteiger partial charge in [0.25, 0.3) is 0 Å². The molecule has 4 nitrogen and oxygen atoms in total. The van der Waals surface area contributed by atoms with E-state index in [0.717, 1.165) is 24.1 Å². The van der Waals surface area contributed by atoms with Crippen molar-refractivity contribution in [3.05, 3.63) is 23.2 Å². The summed E-state index contributed by atoms with van der Waals surface area (Å²) in [6, 6.07) is 5.74. The van der Waals surface area contributed by atoms with Crippen molar-refractivity contribution < 1.29 is 0 Å². The number of nitrogens with zero attached hydrogens (tertiary/aromatic N) is 3. The van der Waals surface area contributed by atoms with E-state index in [4.69, 9.17) is 17.3 Å². The van der Waals surface area contributed by atoms with Gasteiger partial charge < -0.3 is 15.2 Å². The molecule has 2 N–H and O–H groups in total. The van der Waals surface area contributed by atoms with Gasteiger partial charge in [0.05, 0.1) is 11.0 Å². The molecule has 1 aliphatic heterocycles. The predicted molar refractivity (Wildman–Crippen MR) is 74.8 cm³/mol. The summed E-state index contributed by atoms with van der Waals surface area (Å²) in [5.41, 5.74) is 7.92. The van der Waals surface area contributed by atoms with Crippen molar-refractivity contribution in [3.8, 4) is 0 Å². The fourth-order valence-corrected chi connectivity index (χ4v) is 2.77. The smallest absolute Gasteiger partial charge is 0.201 e. The lowest BCUT2D eigenvalue weighted by Gasteiger charge is -2.15. The van der Waals surface area contributed by atoms with E-state index in [9.17, 15) is 0 Å². The molecule has 0 amide bonds. The molecule has 2 heterocycles. The average molecular weight is 265 g/mol. The molecule has 0 saturated carbocycles. The molecule has 1 saturated heterocycles. The minimum Gasteiger partial charge on any atom is -0.369 e. The number of nitrogens with two attached hydrogens (primary N) is 1. The van der Waals surface area contributed by atoms with Gasteiger partial charge in [-0.1, -0.05) is 11.6 Å². The molecule has 0 atom stereocenters. The number of hydrogen-bond donors (Lipinski definition) is 1. The summed E-state index contributed by atoms with van der Waals surface area (Å²) in [4.78, 5) is 6.83. The van der Waals surface area contributed by atoms with Gasteiger partial charge in [0, 0.05) is 18.1 Å². The van der Waals surface area contributed by atoms with E-state index < -0.39 is 0 Å². The highest BCUT2D eigenvalue weighted by atomic mass is 35.5. The lowest BCUT2D eigenvalue weighted by Crippen LogP contribution is -2.24. The van der Waals surface area contributed by atoms with Crippen LogP contribution in [0.15, 0.2) is 18.2 Å². The minimum atomic E-state index is 0.575. The van der Waals surface area contributed by atoms with Crippen LogP contribution in [0.2, 0.25) is 5.02 Å². The number of anilines is 1. The van der Waals surface area contributed by atoms with Gasteiger partial charge in [-0.05, 0) is 44.1 Å². The number of fused-ring (bicyclic) bond motifs is 1. The molecule has 96 valence electrons. The predicted octanol–water partition coefficient (Wildman–Crippen LogP) is 2.37. The zero-order chi connectivity index (χ0) is 12.5. The Morgan fingerprint density at radius 2 is 2.00 bits per heavy atom. The topological polar surface area (TPSA) is 47.1 Å². The monoisotopic (exact) mass is 264 g/mol. The number of benzene rings is 1. The Morgan fingerprint density at radius 1 is 1.22 bits per heavy atom. The maximum absolute atomic E-state index is 5.98. The molecule has 1 aliphatic rings. The minimum absolute atomic E-state index is 0.575. The quantitative estimate of drug-likeness (QED) is 0.926. The van der Waals surface area contributed by atoms with E-state index >= 15 is 0 Å². The lowest BCUT2D eigenvalue weighted by molar-refractivity contribution is 0.325. The van der Waals surface area contributed by atoms with Crippen molar-refractivity contribution in [1.82, 2.24) is 14.5 Å². The van der Waals surface area contributed by atoms with E-state index in [1.807, 2.05) is 18.2 Å². The van der Waals surface area contributed by atoms with Crippen LogP contribution >= 0.6 is 11.6 Å². The summed E-state index contributed by atoms with van der Waals surface area (Å²) in [5.74, 6) is 0.575. The molecule has 0 spiro atoms. The molecule has 0 radical (unpaired) electrons. The highest BCUT2D eigenvalue weighted by Gasteiger charge is 2.13. The average Bonchev–Trinajstić information content (AvgIpc) is 2.93.